The molecule has 0 saturated carbocycles. The van der Waals surface area contributed by atoms with E-state index >= 15 is 0 Å². The smallest absolute Gasteiger partial charge is 0.191 e. The van der Waals surface area contributed by atoms with Gasteiger partial charge in [0.15, 0.2) is 5.96 Å². The summed E-state index contributed by atoms with van der Waals surface area (Å²) in [6.45, 7) is 1.36. The van der Waals surface area contributed by atoms with Gasteiger partial charge in [-0.2, -0.15) is 11.8 Å². The second kappa shape index (κ2) is 12.1. The molecule has 0 saturated heterocycles. The molecule has 25 heavy (non-hydrogen) atoms. The Morgan fingerprint density at radius 1 is 1.20 bits per heavy atom. The lowest BCUT2D eigenvalue weighted by Gasteiger charge is -2.14. The minimum atomic E-state index is -0.194. The van der Waals surface area contributed by atoms with Crippen LogP contribution in [-0.2, 0) is 18.7 Å². The van der Waals surface area contributed by atoms with E-state index in [9.17, 15) is 4.39 Å². The summed E-state index contributed by atoms with van der Waals surface area (Å²) >= 11 is 1.68. The van der Waals surface area contributed by atoms with Crippen LogP contribution in [0.4, 0.5) is 4.39 Å². The maximum Gasteiger partial charge on any atom is 0.191 e. The summed E-state index contributed by atoms with van der Waals surface area (Å²) in [7, 11) is 1.74. The molecular formula is C18H24FIN4S. The number of rotatable bonds is 7. The van der Waals surface area contributed by atoms with E-state index < -0.39 is 0 Å². The largest absolute Gasteiger partial charge is 0.356 e. The van der Waals surface area contributed by atoms with Crippen LogP contribution < -0.4 is 10.6 Å². The van der Waals surface area contributed by atoms with Crippen molar-refractivity contribution in [3.05, 3.63) is 65.2 Å². The number of guanidine groups is 1. The molecule has 1 aromatic carbocycles. The van der Waals surface area contributed by atoms with Gasteiger partial charge in [-0.15, -0.1) is 24.0 Å². The average molecular weight is 474 g/mol. The van der Waals surface area contributed by atoms with Gasteiger partial charge in [0.25, 0.3) is 0 Å². The molecule has 0 amide bonds. The standard InChI is InChI=1S/C18H23FN4S.HI/c1-20-18(22-10-8-17-5-3-4-9-21-17)23-12-14-6-7-16(19)11-15(14)13-24-2;/h3-7,9,11H,8,10,12-13H2,1-2H3,(H2,20,22,23);1H. The molecule has 0 aliphatic rings. The molecule has 2 N–H and O–H groups in total. The molecule has 0 bridgehead atoms. The van der Waals surface area contributed by atoms with Crippen molar-refractivity contribution < 1.29 is 4.39 Å². The lowest BCUT2D eigenvalue weighted by Crippen LogP contribution is -2.38. The molecule has 0 fully saturated rings. The highest BCUT2D eigenvalue weighted by atomic mass is 127. The van der Waals surface area contributed by atoms with Crippen LogP contribution in [0.15, 0.2) is 47.6 Å². The molecule has 2 rings (SSSR count). The molecule has 0 aliphatic heterocycles. The van der Waals surface area contributed by atoms with Gasteiger partial charge in [-0.3, -0.25) is 9.98 Å². The Morgan fingerprint density at radius 3 is 2.72 bits per heavy atom. The minimum Gasteiger partial charge on any atom is -0.356 e. The van der Waals surface area contributed by atoms with Gasteiger partial charge in [-0.25, -0.2) is 4.39 Å². The fraction of sp³-hybridized carbons (Fsp3) is 0.333. The first-order valence-corrected chi connectivity index (χ1v) is 9.23. The Morgan fingerprint density at radius 2 is 2.04 bits per heavy atom. The summed E-state index contributed by atoms with van der Waals surface area (Å²) in [5, 5.41) is 6.55. The third kappa shape index (κ3) is 7.60. The Labute approximate surface area is 170 Å². The molecular weight excluding hydrogens is 450 g/mol. The SMILES string of the molecule is CN=C(NCCc1ccccn1)NCc1ccc(F)cc1CSC.I. The third-order valence-electron chi connectivity index (χ3n) is 3.54. The second-order valence-electron chi connectivity index (χ2n) is 5.27. The summed E-state index contributed by atoms with van der Waals surface area (Å²) in [5.74, 6) is 1.33. The van der Waals surface area contributed by atoms with Gasteiger partial charge in [-0.1, -0.05) is 12.1 Å². The number of nitrogens with one attached hydrogen (secondary N) is 2. The number of halogens is 2. The summed E-state index contributed by atoms with van der Waals surface area (Å²) in [6.07, 6.45) is 4.64. The van der Waals surface area contributed by atoms with Crippen molar-refractivity contribution in [2.75, 3.05) is 19.8 Å². The Bertz CT molecular complexity index is 667. The van der Waals surface area contributed by atoms with E-state index in [2.05, 4.69) is 20.6 Å². The topological polar surface area (TPSA) is 49.3 Å². The van der Waals surface area contributed by atoms with E-state index in [-0.39, 0.29) is 29.8 Å². The Balaban J connectivity index is 0.00000312. The molecule has 0 radical (unpaired) electrons. The summed E-state index contributed by atoms with van der Waals surface area (Å²) in [4.78, 5) is 8.52. The second-order valence-corrected chi connectivity index (χ2v) is 6.14. The van der Waals surface area contributed by atoms with Crippen molar-refractivity contribution in [3.63, 3.8) is 0 Å². The zero-order valence-electron chi connectivity index (χ0n) is 14.5. The normalized spacial score (nSPS) is 10.9. The number of pyridine rings is 1. The first kappa shape index (κ1) is 21.7. The van der Waals surface area contributed by atoms with Crippen LogP contribution in [0.5, 0.6) is 0 Å². The maximum absolute atomic E-state index is 13.4. The predicted molar refractivity (Wildman–Crippen MR) is 115 cm³/mol. The fourth-order valence-electron chi connectivity index (χ4n) is 2.31. The molecule has 0 aliphatic carbocycles. The third-order valence-corrected chi connectivity index (χ3v) is 4.14. The molecule has 1 heterocycles. The van der Waals surface area contributed by atoms with E-state index in [0.717, 1.165) is 41.5 Å². The summed E-state index contributed by atoms with van der Waals surface area (Å²) < 4.78 is 13.4. The van der Waals surface area contributed by atoms with Crippen LogP contribution in [0.3, 0.4) is 0 Å². The van der Waals surface area contributed by atoms with Gasteiger partial charge in [0.05, 0.1) is 0 Å². The summed E-state index contributed by atoms with van der Waals surface area (Å²) in [5.41, 5.74) is 3.14. The summed E-state index contributed by atoms with van der Waals surface area (Å²) in [6, 6.07) is 10.8. The number of thioether (sulfide) groups is 1. The molecule has 136 valence electrons. The van der Waals surface area contributed by atoms with Crippen molar-refractivity contribution in [3.8, 4) is 0 Å². The van der Waals surface area contributed by atoms with Crippen molar-refractivity contribution in [2.45, 2.75) is 18.7 Å². The van der Waals surface area contributed by atoms with Crippen LogP contribution in [0.25, 0.3) is 0 Å². The predicted octanol–water partition coefficient (Wildman–Crippen LogP) is 3.61. The highest BCUT2D eigenvalue weighted by Gasteiger charge is 2.05. The number of aromatic nitrogens is 1. The number of nitrogens with zero attached hydrogens (tertiary/aromatic N) is 2. The highest BCUT2D eigenvalue weighted by molar-refractivity contribution is 14.0. The van der Waals surface area contributed by atoms with Crippen LogP contribution in [-0.4, -0.2) is 30.8 Å². The number of benzene rings is 1. The van der Waals surface area contributed by atoms with Crippen LogP contribution in [0, 0.1) is 5.82 Å². The number of aliphatic imine (C=N–C) groups is 1. The monoisotopic (exact) mass is 474 g/mol. The number of hydrogen-bond acceptors (Lipinski definition) is 3. The van der Waals surface area contributed by atoms with Gasteiger partial charge in [0.1, 0.15) is 5.82 Å². The maximum atomic E-state index is 13.4. The van der Waals surface area contributed by atoms with E-state index in [1.54, 1.807) is 31.1 Å². The average Bonchev–Trinajstić information content (AvgIpc) is 2.60. The minimum absolute atomic E-state index is 0. The first-order chi connectivity index (χ1) is 11.7. The number of hydrogen-bond donors (Lipinski definition) is 2. The molecule has 0 spiro atoms. The first-order valence-electron chi connectivity index (χ1n) is 7.83. The molecule has 4 nitrogen and oxygen atoms in total. The highest BCUT2D eigenvalue weighted by Crippen LogP contribution is 2.16. The fourth-order valence-corrected chi connectivity index (χ4v) is 2.89. The van der Waals surface area contributed by atoms with Crippen LogP contribution >= 0.6 is 35.7 Å². The van der Waals surface area contributed by atoms with Crippen molar-refractivity contribution in [2.24, 2.45) is 4.99 Å². The Kier molecular flexibility index (Phi) is 10.5. The van der Waals surface area contributed by atoms with Gasteiger partial charge in [0.2, 0.25) is 0 Å². The van der Waals surface area contributed by atoms with E-state index in [4.69, 9.17) is 0 Å². The van der Waals surface area contributed by atoms with Crippen molar-refractivity contribution in [1.29, 1.82) is 0 Å². The molecule has 7 heteroatoms. The van der Waals surface area contributed by atoms with Gasteiger partial charge in [0, 0.05) is 44.2 Å². The molecule has 2 aromatic rings. The lowest BCUT2D eigenvalue weighted by molar-refractivity contribution is 0.625. The van der Waals surface area contributed by atoms with Crippen LogP contribution in [0.1, 0.15) is 16.8 Å². The van der Waals surface area contributed by atoms with E-state index in [1.165, 1.54) is 6.07 Å². The quantitative estimate of drug-likeness (QED) is 0.366. The zero-order valence-corrected chi connectivity index (χ0v) is 17.6. The van der Waals surface area contributed by atoms with Crippen molar-refractivity contribution >= 4 is 41.7 Å². The van der Waals surface area contributed by atoms with E-state index in [1.807, 2.05) is 30.5 Å². The van der Waals surface area contributed by atoms with Crippen molar-refractivity contribution in [1.82, 2.24) is 15.6 Å². The van der Waals surface area contributed by atoms with Crippen LogP contribution in [0.2, 0.25) is 0 Å². The van der Waals surface area contributed by atoms with Gasteiger partial charge >= 0.3 is 0 Å². The van der Waals surface area contributed by atoms with Gasteiger partial charge in [-0.05, 0) is 41.6 Å². The molecule has 0 unspecified atom stereocenters. The van der Waals surface area contributed by atoms with E-state index in [0.29, 0.717) is 6.54 Å². The molecule has 0 atom stereocenters. The zero-order chi connectivity index (χ0) is 17.2. The Hall–Kier alpha value is -1.35. The molecule has 1 aromatic heterocycles. The van der Waals surface area contributed by atoms with Gasteiger partial charge < -0.3 is 10.6 Å². The lowest BCUT2D eigenvalue weighted by atomic mass is 10.1.